The third-order valence-corrected chi connectivity index (χ3v) is 8.69. The van der Waals surface area contributed by atoms with Crippen molar-refractivity contribution in [3.05, 3.63) is 33.4 Å². The molecule has 9 nitrogen and oxygen atoms in total. The van der Waals surface area contributed by atoms with Crippen LogP contribution in [0.5, 0.6) is 5.75 Å². The summed E-state index contributed by atoms with van der Waals surface area (Å²) in [6.07, 6.45) is 1.77. The quantitative estimate of drug-likeness (QED) is 0.232. The van der Waals surface area contributed by atoms with E-state index in [0.717, 1.165) is 50.5 Å². The van der Waals surface area contributed by atoms with Crippen LogP contribution in [0.15, 0.2) is 12.1 Å². The first kappa shape index (κ1) is 34.5. The molecule has 0 bridgehead atoms. The Labute approximate surface area is 225 Å². The number of aliphatic hydroxyl groups is 1. The van der Waals surface area contributed by atoms with Gasteiger partial charge in [-0.3, -0.25) is 19.8 Å². The molecule has 208 valence electrons. The van der Waals surface area contributed by atoms with E-state index in [1.165, 1.54) is 12.1 Å². The van der Waals surface area contributed by atoms with E-state index in [4.69, 9.17) is 4.74 Å². The molecule has 2 aliphatic heterocycles. The minimum absolute atomic E-state index is 0. The highest BCUT2D eigenvalue weighted by Gasteiger charge is 2.38. The predicted molar refractivity (Wildman–Crippen MR) is 153 cm³/mol. The second-order valence-corrected chi connectivity index (χ2v) is 11.2. The van der Waals surface area contributed by atoms with Crippen LogP contribution in [0.25, 0.3) is 0 Å². The molecule has 0 radical (unpaired) electrons. The van der Waals surface area contributed by atoms with Crippen LogP contribution in [0.2, 0.25) is 0 Å². The second kappa shape index (κ2) is 17.1. The summed E-state index contributed by atoms with van der Waals surface area (Å²) in [4.78, 5) is 28.8. The summed E-state index contributed by atoms with van der Waals surface area (Å²) in [5.41, 5.74) is 0.130. The lowest BCUT2D eigenvalue weighted by Crippen LogP contribution is -2.45. The zero-order chi connectivity index (χ0) is 23.8. The maximum Gasteiger partial charge on any atom is 0.285 e. The van der Waals surface area contributed by atoms with Gasteiger partial charge in [0.2, 0.25) is 0 Å². The molecule has 1 atom stereocenters. The Bertz CT molecular complexity index is 818. The second-order valence-electron chi connectivity index (χ2n) is 8.02. The number of nitrogens with zero attached hydrogens (tertiary/aromatic N) is 3. The van der Waals surface area contributed by atoms with E-state index in [-0.39, 0.29) is 69.1 Å². The average Bonchev–Trinajstić information content (AvgIpc) is 3.32. The van der Waals surface area contributed by atoms with Crippen molar-refractivity contribution in [1.29, 1.82) is 0 Å². The van der Waals surface area contributed by atoms with Crippen LogP contribution in [0, 0.1) is 10.1 Å². The van der Waals surface area contributed by atoms with E-state index in [1.807, 2.05) is 23.5 Å². The van der Waals surface area contributed by atoms with Gasteiger partial charge in [0.15, 0.2) is 0 Å². The van der Waals surface area contributed by atoms with Crippen molar-refractivity contribution in [3.8, 4) is 5.75 Å². The number of nitrogens with one attached hydrogen (secondary N) is 1. The summed E-state index contributed by atoms with van der Waals surface area (Å²) in [5, 5.41) is 25.1. The van der Waals surface area contributed by atoms with Crippen LogP contribution in [0.4, 0.5) is 5.69 Å². The molecule has 1 amide bonds. The SMILES string of the molecule is C.C.C.CCSC(SCC)[C@@H]1CCCN1C(=O)c1cc(CO)c(OCN2CCNCC2)cc1[N+](=O)[O-]. The number of piperazine rings is 1. The molecule has 2 saturated heterocycles. The Morgan fingerprint density at radius 2 is 1.83 bits per heavy atom. The van der Waals surface area contributed by atoms with Crippen molar-refractivity contribution in [2.24, 2.45) is 0 Å². The Morgan fingerprint density at radius 3 is 2.39 bits per heavy atom. The third kappa shape index (κ3) is 8.51. The van der Waals surface area contributed by atoms with Crippen molar-refractivity contribution in [3.63, 3.8) is 0 Å². The van der Waals surface area contributed by atoms with Gasteiger partial charge in [0.25, 0.3) is 11.6 Å². The minimum atomic E-state index is -0.532. The molecule has 2 aliphatic rings. The predicted octanol–water partition coefficient (Wildman–Crippen LogP) is 4.67. The van der Waals surface area contributed by atoms with Gasteiger partial charge in [0, 0.05) is 38.3 Å². The standard InChI is InChI=1S/C22H34N4O5S2.3CH4/c1-3-32-22(33-4-2)18-6-5-9-25(18)21(28)17-12-16(14-27)20(13-19(17)26(29)30)31-15-24-10-7-23-8-11-24;;;/h12-13,18,22-23,27H,3-11,14-15H2,1-2H3;3*1H4/t18-;;;/m0.../s1. The van der Waals surface area contributed by atoms with E-state index < -0.39 is 4.92 Å². The number of benzene rings is 1. The maximum absolute atomic E-state index is 13.5. The first-order valence-electron chi connectivity index (χ1n) is 11.5. The van der Waals surface area contributed by atoms with Crippen molar-refractivity contribution in [1.82, 2.24) is 15.1 Å². The molecule has 0 unspecified atom stereocenters. The number of hydrogen-bond donors (Lipinski definition) is 2. The molecule has 0 spiro atoms. The maximum atomic E-state index is 13.5. The molecule has 36 heavy (non-hydrogen) atoms. The van der Waals surface area contributed by atoms with Crippen LogP contribution in [0.3, 0.4) is 0 Å². The lowest BCUT2D eigenvalue weighted by molar-refractivity contribution is -0.385. The highest BCUT2D eigenvalue weighted by molar-refractivity contribution is 8.17. The Kier molecular flexibility index (Phi) is 16.3. The van der Waals surface area contributed by atoms with Crippen LogP contribution >= 0.6 is 23.5 Å². The molecule has 3 rings (SSSR count). The zero-order valence-corrected chi connectivity index (χ0v) is 21.0. The topological polar surface area (TPSA) is 108 Å². The summed E-state index contributed by atoms with van der Waals surface area (Å²) >= 11 is 3.64. The van der Waals surface area contributed by atoms with Gasteiger partial charge in [0.05, 0.1) is 28.2 Å². The number of carbonyl (C=O) groups is 1. The number of carbonyl (C=O) groups excluding carboxylic acids is 1. The lowest BCUT2D eigenvalue weighted by atomic mass is 10.1. The molecule has 0 aliphatic carbocycles. The van der Waals surface area contributed by atoms with E-state index in [0.29, 0.717) is 12.1 Å². The highest BCUT2D eigenvalue weighted by atomic mass is 32.2. The Morgan fingerprint density at radius 1 is 1.19 bits per heavy atom. The van der Waals surface area contributed by atoms with Crippen LogP contribution < -0.4 is 10.1 Å². The van der Waals surface area contributed by atoms with E-state index in [9.17, 15) is 20.0 Å². The summed E-state index contributed by atoms with van der Waals surface area (Å²) in [6.45, 7) is 8.05. The van der Waals surface area contributed by atoms with Crippen molar-refractivity contribution in [2.75, 3.05) is 51.0 Å². The van der Waals surface area contributed by atoms with Gasteiger partial charge in [-0.2, -0.15) is 0 Å². The van der Waals surface area contributed by atoms with Crippen molar-refractivity contribution in [2.45, 2.75) is 66.2 Å². The number of ether oxygens (including phenoxy) is 1. The van der Waals surface area contributed by atoms with Crippen molar-refractivity contribution >= 4 is 35.1 Å². The van der Waals surface area contributed by atoms with Gasteiger partial charge in [0.1, 0.15) is 18.0 Å². The zero-order valence-electron chi connectivity index (χ0n) is 19.3. The average molecular weight is 547 g/mol. The molecule has 11 heteroatoms. The Hall–Kier alpha value is -1.53. The van der Waals surface area contributed by atoms with Gasteiger partial charge in [-0.25, -0.2) is 0 Å². The molecule has 2 fully saturated rings. The molecular formula is C25H46N4O5S2. The van der Waals surface area contributed by atoms with Crippen molar-refractivity contribution < 1.29 is 19.6 Å². The smallest absolute Gasteiger partial charge is 0.285 e. The largest absolute Gasteiger partial charge is 0.478 e. The number of hydrogen-bond acceptors (Lipinski definition) is 9. The first-order chi connectivity index (χ1) is 16.0. The molecule has 1 aromatic rings. The van der Waals surface area contributed by atoms with E-state index in [2.05, 4.69) is 24.1 Å². The Balaban J connectivity index is 0.00000408. The summed E-state index contributed by atoms with van der Waals surface area (Å²) < 4.78 is 6.08. The molecule has 2 N–H and O–H groups in total. The number of nitro groups is 1. The number of amides is 1. The lowest BCUT2D eigenvalue weighted by Gasteiger charge is -2.31. The monoisotopic (exact) mass is 546 g/mol. The highest BCUT2D eigenvalue weighted by Crippen LogP contribution is 2.37. The fourth-order valence-electron chi connectivity index (χ4n) is 4.28. The fraction of sp³-hybridized carbons (Fsp3) is 0.720. The minimum Gasteiger partial charge on any atom is -0.478 e. The van der Waals surface area contributed by atoms with Gasteiger partial charge in [-0.05, 0) is 30.4 Å². The van der Waals surface area contributed by atoms with Crippen LogP contribution in [-0.2, 0) is 6.61 Å². The summed E-state index contributed by atoms with van der Waals surface area (Å²) in [6, 6.07) is 2.77. The summed E-state index contributed by atoms with van der Waals surface area (Å²) in [7, 11) is 0. The molecule has 1 aromatic carbocycles. The van der Waals surface area contributed by atoms with Crippen LogP contribution in [-0.4, -0.2) is 87.3 Å². The van der Waals surface area contributed by atoms with E-state index >= 15 is 0 Å². The van der Waals surface area contributed by atoms with Gasteiger partial charge in [-0.15, -0.1) is 23.5 Å². The number of likely N-dealkylation sites (tertiary alicyclic amines) is 1. The van der Waals surface area contributed by atoms with E-state index in [1.54, 1.807) is 4.90 Å². The number of rotatable bonds is 11. The third-order valence-electron chi connectivity index (χ3n) is 5.92. The summed E-state index contributed by atoms with van der Waals surface area (Å²) in [5.74, 6) is 1.80. The number of aliphatic hydroxyl groups excluding tert-OH is 1. The van der Waals surface area contributed by atoms with Crippen LogP contribution in [0.1, 0.15) is 64.9 Å². The molecular weight excluding hydrogens is 500 g/mol. The fourth-order valence-corrected chi connectivity index (χ4v) is 7.15. The van der Waals surface area contributed by atoms with Gasteiger partial charge >= 0.3 is 0 Å². The number of thioether (sulfide) groups is 2. The molecule has 0 saturated carbocycles. The van der Waals surface area contributed by atoms with Gasteiger partial charge in [-0.1, -0.05) is 36.1 Å². The normalized spacial score (nSPS) is 17.7. The number of nitro benzene ring substituents is 1. The molecule has 2 heterocycles. The van der Waals surface area contributed by atoms with Gasteiger partial charge < -0.3 is 20.1 Å². The molecule has 0 aromatic heterocycles. The first-order valence-corrected chi connectivity index (χ1v) is 13.6.